The molecule has 0 amide bonds. The van der Waals surface area contributed by atoms with Crippen molar-refractivity contribution in [2.45, 2.75) is 135 Å². The highest BCUT2D eigenvalue weighted by molar-refractivity contribution is 4.73. The van der Waals surface area contributed by atoms with Gasteiger partial charge in [-0.1, -0.05) is 0 Å². The number of hydrogen-bond donors (Lipinski definition) is 12. The van der Waals surface area contributed by atoms with E-state index in [1.165, 1.54) is 0 Å². The van der Waals surface area contributed by atoms with E-state index in [9.17, 15) is 0 Å². The molecule has 22 heteroatoms. The first-order chi connectivity index (χ1) is 41.7. The van der Waals surface area contributed by atoms with E-state index in [2.05, 4.69) is 49.0 Å². The zero-order chi connectivity index (χ0) is 62.3. The van der Waals surface area contributed by atoms with Gasteiger partial charge in [0.05, 0.1) is 0 Å². The van der Waals surface area contributed by atoms with E-state index >= 15 is 0 Å². The largest absolute Gasteiger partial charge is 0.330 e. The van der Waals surface area contributed by atoms with Crippen LogP contribution >= 0.6 is 0 Å². The fraction of sp³-hybridized carbons (Fsp3) is 1.00. The Balaban J connectivity index is 6.79. The molecule has 24 N–H and O–H groups in total. The van der Waals surface area contributed by atoms with E-state index < -0.39 is 0 Å². The Labute approximate surface area is 525 Å². The average molecular weight is 1220 g/mol. The smallest absolute Gasteiger partial charge is 0.000653 e. The van der Waals surface area contributed by atoms with Crippen molar-refractivity contribution >= 4 is 0 Å². The van der Waals surface area contributed by atoms with Crippen molar-refractivity contribution in [1.29, 1.82) is 0 Å². The van der Waals surface area contributed by atoms with Gasteiger partial charge in [0, 0.05) is 0 Å². The third-order valence-electron chi connectivity index (χ3n) is 16.7. The molecule has 22 nitrogen and oxygen atoms in total. The Morgan fingerprint density at radius 1 is 0.0941 bits per heavy atom. The summed E-state index contributed by atoms with van der Waals surface area (Å²) in [4.78, 5) is 26.7. The van der Waals surface area contributed by atoms with E-state index in [-0.39, 0.29) is 0 Å². The molecule has 0 aromatic rings. The summed E-state index contributed by atoms with van der Waals surface area (Å²) in [6.45, 7) is 41.1. The van der Waals surface area contributed by atoms with Crippen molar-refractivity contribution in [3.05, 3.63) is 0 Å². The van der Waals surface area contributed by atoms with Gasteiger partial charge in [0.25, 0.3) is 0 Å². The maximum atomic E-state index is 6.00. The molecule has 0 aliphatic carbocycles. The molecule has 0 radical (unpaired) electrons. The molecule has 0 saturated carbocycles. The van der Waals surface area contributed by atoms with Gasteiger partial charge in [0.1, 0.15) is 0 Å². The molecule has 0 aromatic carbocycles. The lowest BCUT2D eigenvalue weighted by molar-refractivity contribution is 0.172. The second-order valence-electron chi connectivity index (χ2n) is 24.3. The monoisotopic (exact) mass is 1220 g/mol. The standard InChI is InChI=1S/C63H150N22/c64-22-1-34-76(35-2-23-65)46-13-52-82(53-14-47-77(36-3-24-66)37-4-25-67)58-19-61-85(62-20-59-83(54-15-48-78(38-5-26-68)39-6-27-69)55-16-49-79(40-7-28-70)41-8-29-71)63-21-60-84(56-17-50-80(42-9-30-72)43-10-31-73)57-18-51-81(44-11-32-74)45-12-33-75/h1-75H2. The summed E-state index contributed by atoms with van der Waals surface area (Å²) in [5, 5.41) is 0. The van der Waals surface area contributed by atoms with Crippen molar-refractivity contribution in [2.24, 2.45) is 68.8 Å². The minimum Gasteiger partial charge on any atom is -0.330 e. The highest BCUT2D eigenvalue weighted by Crippen LogP contribution is 2.10. The molecule has 0 aliphatic heterocycles. The number of rotatable bonds is 72. The Hall–Kier alpha value is -0.880. The van der Waals surface area contributed by atoms with Gasteiger partial charge in [-0.05, 0) is 410 Å². The lowest BCUT2D eigenvalue weighted by atomic mass is 10.2. The highest BCUT2D eigenvalue weighted by atomic mass is 15.2. The Morgan fingerprint density at radius 2 is 0.153 bits per heavy atom. The van der Waals surface area contributed by atoms with Gasteiger partial charge < -0.3 is 118 Å². The van der Waals surface area contributed by atoms with Crippen LogP contribution in [0.1, 0.15) is 135 Å². The van der Waals surface area contributed by atoms with Gasteiger partial charge in [-0.25, -0.2) is 0 Å². The van der Waals surface area contributed by atoms with Crippen LogP contribution < -0.4 is 68.8 Å². The van der Waals surface area contributed by atoms with E-state index in [4.69, 9.17) is 68.8 Å². The van der Waals surface area contributed by atoms with E-state index in [1.807, 2.05) is 0 Å². The summed E-state index contributed by atoms with van der Waals surface area (Å²) in [5.41, 5.74) is 72.0. The van der Waals surface area contributed by atoms with E-state index in [1.54, 1.807) is 0 Å². The molecule has 0 fully saturated rings. The molecule has 0 unspecified atom stereocenters. The summed E-state index contributed by atoms with van der Waals surface area (Å²) in [5.74, 6) is 0. The van der Waals surface area contributed by atoms with Crippen LogP contribution in [0.3, 0.4) is 0 Å². The molecular formula is C63H150N22. The van der Waals surface area contributed by atoms with Crippen LogP contribution in [0.15, 0.2) is 0 Å². The summed E-state index contributed by atoms with van der Waals surface area (Å²) in [7, 11) is 0. The Bertz CT molecular complexity index is 1010. The zero-order valence-electron chi connectivity index (χ0n) is 55.9. The van der Waals surface area contributed by atoms with Crippen molar-refractivity contribution in [3.8, 4) is 0 Å². The number of nitrogens with two attached hydrogens (primary N) is 12. The van der Waals surface area contributed by atoms with Gasteiger partial charge in [0.2, 0.25) is 0 Å². The van der Waals surface area contributed by atoms with Crippen LogP contribution in [0.5, 0.6) is 0 Å². The van der Waals surface area contributed by atoms with Crippen LogP contribution in [-0.2, 0) is 0 Å². The van der Waals surface area contributed by atoms with E-state index in [0.717, 1.165) is 410 Å². The van der Waals surface area contributed by atoms with Crippen molar-refractivity contribution in [2.75, 3.05) is 275 Å². The maximum Gasteiger partial charge on any atom is -0.000653 e. The van der Waals surface area contributed by atoms with Crippen LogP contribution in [0.4, 0.5) is 0 Å². The van der Waals surface area contributed by atoms with Gasteiger partial charge in [-0.2, -0.15) is 0 Å². The normalized spacial score (nSPS) is 12.5. The number of hydrogen-bond acceptors (Lipinski definition) is 22. The molecule has 0 rings (SSSR count). The van der Waals surface area contributed by atoms with Gasteiger partial charge in [0.15, 0.2) is 0 Å². The third kappa shape index (κ3) is 53.5. The molecule has 0 spiro atoms. The van der Waals surface area contributed by atoms with Crippen molar-refractivity contribution in [1.82, 2.24) is 49.0 Å². The molecule has 0 aliphatic rings. The summed E-state index contributed by atoms with van der Waals surface area (Å²) >= 11 is 0. The van der Waals surface area contributed by atoms with Crippen LogP contribution in [0, 0.1) is 0 Å². The second kappa shape index (κ2) is 66.1. The van der Waals surface area contributed by atoms with E-state index in [0.29, 0.717) is 0 Å². The minimum atomic E-state index is 0.727. The molecule has 0 saturated heterocycles. The Morgan fingerprint density at radius 3 is 0.212 bits per heavy atom. The summed E-state index contributed by atoms with van der Waals surface area (Å²) < 4.78 is 0. The van der Waals surface area contributed by atoms with Crippen LogP contribution in [0.2, 0.25) is 0 Å². The van der Waals surface area contributed by atoms with Gasteiger partial charge in [-0.3, -0.25) is 0 Å². The molecule has 85 heavy (non-hydrogen) atoms. The highest BCUT2D eigenvalue weighted by Gasteiger charge is 2.17. The molecule has 0 atom stereocenters. The second-order valence-corrected chi connectivity index (χ2v) is 24.3. The quantitative estimate of drug-likeness (QED) is 0.0372. The molecule has 512 valence electrons. The molecule has 0 bridgehead atoms. The topological polar surface area (TPSA) is 345 Å². The first kappa shape index (κ1) is 84.1. The fourth-order valence-electron chi connectivity index (χ4n) is 11.8. The molecule has 0 heterocycles. The lowest BCUT2D eigenvalue weighted by Gasteiger charge is -2.31. The van der Waals surface area contributed by atoms with Crippen LogP contribution in [0.25, 0.3) is 0 Å². The van der Waals surface area contributed by atoms with Gasteiger partial charge in [-0.15, -0.1) is 0 Å². The SMILES string of the molecule is NCCCN(CCCN)CCCN(CCCN(CCCN)CCCN)CCCN(CCCN(CCCN(CCCN)CCCN)CCCN(CCCN)CCCN)CCCN(CCCN(CCCN)CCCN)CCCN(CCCN)CCCN. The first-order valence-corrected chi connectivity index (χ1v) is 35.4. The van der Waals surface area contributed by atoms with Gasteiger partial charge >= 0.3 is 0 Å². The molecular weight excluding hydrogens is 1060 g/mol. The first-order valence-electron chi connectivity index (χ1n) is 35.4. The maximum absolute atomic E-state index is 6.00. The lowest BCUT2D eigenvalue weighted by Crippen LogP contribution is -2.38. The summed E-state index contributed by atoms with van der Waals surface area (Å²) in [6, 6.07) is 0. The van der Waals surface area contributed by atoms with Crippen LogP contribution in [-0.4, -0.2) is 324 Å². The number of nitrogens with zero attached hydrogens (tertiary/aromatic N) is 10. The van der Waals surface area contributed by atoms with Crippen molar-refractivity contribution in [3.63, 3.8) is 0 Å². The van der Waals surface area contributed by atoms with Crippen molar-refractivity contribution < 1.29 is 0 Å². The predicted octanol–water partition coefficient (Wildman–Crippen LogP) is -0.297. The molecule has 0 aromatic heterocycles. The average Bonchev–Trinajstić information content (AvgIpc) is 3.51. The Kier molecular flexibility index (Phi) is 65.4. The summed E-state index contributed by atoms with van der Waals surface area (Å²) in [6.07, 6.45) is 22.7. The third-order valence-corrected chi connectivity index (χ3v) is 16.7. The predicted molar refractivity (Wildman–Crippen MR) is 370 cm³/mol. The minimum absolute atomic E-state index is 0.727. The fourth-order valence-corrected chi connectivity index (χ4v) is 11.8. The zero-order valence-corrected chi connectivity index (χ0v) is 55.9.